The first-order valence-electron chi connectivity index (χ1n) is 4.97. The van der Waals surface area contributed by atoms with Gasteiger partial charge in [-0.3, -0.25) is 4.79 Å². The Morgan fingerprint density at radius 3 is 2.81 bits per heavy atom. The van der Waals surface area contributed by atoms with E-state index in [-0.39, 0.29) is 12.2 Å². The number of rotatable bonds is 3. The molecule has 0 aromatic heterocycles. The number of ether oxygens (including phenoxy) is 1. The van der Waals surface area contributed by atoms with Crippen LogP contribution in [-0.2, 0) is 16.0 Å². The molecule has 84 valence electrons. The average molecular weight is 257 g/mol. The van der Waals surface area contributed by atoms with Crippen LogP contribution in [-0.4, -0.2) is 12.4 Å². The first-order valence-corrected chi connectivity index (χ1v) is 5.72. The Balaban J connectivity index is 2.11. The summed E-state index contributed by atoms with van der Waals surface area (Å²) in [6.45, 7) is 0.593. The number of halogens is 2. The van der Waals surface area contributed by atoms with Gasteiger partial charge in [0.05, 0.1) is 6.61 Å². The summed E-state index contributed by atoms with van der Waals surface area (Å²) in [5.41, 5.74) is 0.771. The molecule has 1 aliphatic heterocycles. The second kappa shape index (κ2) is 4.89. The number of hydrogen-bond donors (Lipinski definition) is 0. The molecule has 2 rings (SSSR count). The minimum Gasteiger partial charge on any atom is -0.490 e. The Bertz CT molecular complexity index is 452. The predicted octanol–water partition coefficient (Wildman–Crippen LogP) is 3.41. The lowest BCUT2D eigenvalue weighted by atomic mass is 10.1. The second-order valence-electron chi connectivity index (χ2n) is 3.54. The molecule has 1 aromatic carbocycles. The van der Waals surface area contributed by atoms with Crippen LogP contribution < -0.4 is 0 Å². The van der Waals surface area contributed by atoms with Crippen LogP contribution in [0.25, 0.3) is 0 Å². The SMILES string of the molecule is O=C(Cc1ccc(Cl)cc1Cl)C1=CCCO1. The van der Waals surface area contributed by atoms with Crippen molar-refractivity contribution in [1.82, 2.24) is 0 Å². The highest BCUT2D eigenvalue weighted by molar-refractivity contribution is 6.35. The third-order valence-electron chi connectivity index (χ3n) is 2.35. The van der Waals surface area contributed by atoms with Crippen LogP contribution >= 0.6 is 23.2 Å². The maximum atomic E-state index is 11.8. The fraction of sp³-hybridized carbons (Fsp3) is 0.250. The Kier molecular flexibility index (Phi) is 3.52. The van der Waals surface area contributed by atoms with E-state index in [2.05, 4.69) is 0 Å². The Morgan fingerprint density at radius 2 is 2.19 bits per heavy atom. The highest BCUT2D eigenvalue weighted by atomic mass is 35.5. The zero-order valence-electron chi connectivity index (χ0n) is 8.50. The van der Waals surface area contributed by atoms with Crippen LogP contribution in [0.4, 0.5) is 0 Å². The van der Waals surface area contributed by atoms with Crippen LogP contribution in [0, 0.1) is 0 Å². The van der Waals surface area contributed by atoms with Crippen LogP contribution in [0.5, 0.6) is 0 Å². The van der Waals surface area contributed by atoms with E-state index in [0.29, 0.717) is 22.4 Å². The quantitative estimate of drug-likeness (QED) is 0.829. The normalized spacial score (nSPS) is 14.5. The van der Waals surface area contributed by atoms with Gasteiger partial charge in [-0.25, -0.2) is 0 Å². The van der Waals surface area contributed by atoms with Gasteiger partial charge in [-0.15, -0.1) is 0 Å². The summed E-state index contributed by atoms with van der Waals surface area (Å²) in [6, 6.07) is 5.12. The molecule has 0 saturated carbocycles. The molecule has 16 heavy (non-hydrogen) atoms. The van der Waals surface area contributed by atoms with Crippen molar-refractivity contribution in [1.29, 1.82) is 0 Å². The lowest BCUT2D eigenvalue weighted by Crippen LogP contribution is -2.07. The number of Topliss-reactive ketones (excluding diaryl/α,β-unsaturated/α-hetero) is 1. The summed E-state index contributed by atoms with van der Waals surface area (Å²) >= 11 is 11.8. The Morgan fingerprint density at radius 1 is 1.38 bits per heavy atom. The molecular formula is C12H10Cl2O2. The first kappa shape index (κ1) is 11.5. The van der Waals surface area contributed by atoms with Crippen molar-refractivity contribution in [2.24, 2.45) is 0 Å². The van der Waals surface area contributed by atoms with E-state index in [1.165, 1.54) is 0 Å². The monoisotopic (exact) mass is 256 g/mol. The van der Waals surface area contributed by atoms with Gasteiger partial charge in [0.25, 0.3) is 0 Å². The van der Waals surface area contributed by atoms with Crippen molar-refractivity contribution < 1.29 is 9.53 Å². The minimum atomic E-state index is -0.0401. The molecule has 0 spiro atoms. The molecule has 0 fully saturated rings. The molecule has 1 aliphatic rings. The smallest absolute Gasteiger partial charge is 0.201 e. The topological polar surface area (TPSA) is 26.3 Å². The van der Waals surface area contributed by atoms with E-state index in [1.807, 2.05) is 6.08 Å². The van der Waals surface area contributed by atoms with Crippen molar-refractivity contribution in [3.05, 3.63) is 45.6 Å². The predicted molar refractivity (Wildman–Crippen MR) is 63.8 cm³/mol. The zero-order chi connectivity index (χ0) is 11.5. The van der Waals surface area contributed by atoms with E-state index in [9.17, 15) is 4.79 Å². The van der Waals surface area contributed by atoms with Gasteiger partial charge in [0.1, 0.15) is 0 Å². The number of ketones is 1. The third-order valence-corrected chi connectivity index (χ3v) is 2.93. The fourth-order valence-electron chi connectivity index (χ4n) is 1.54. The van der Waals surface area contributed by atoms with Crippen molar-refractivity contribution in [3.63, 3.8) is 0 Å². The van der Waals surface area contributed by atoms with E-state index < -0.39 is 0 Å². The van der Waals surface area contributed by atoms with Crippen LogP contribution in [0.1, 0.15) is 12.0 Å². The summed E-state index contributed by atoms with van der Waals surface area (Å²) in [5, 5.41) is 1.08. The molecular weight excluding hydrogens is 247 g/mol. The molecule has 1 aromatic rings. The first-order chi connectivity index (χ1) is 7.66. The molecule has 0 aliphatic carbocycles. The third kappa shape index (κ3) is 2.57. The maximum absolute atomic E-state index is 11.8. The van der Waals surface area contributed by atoms with Crippen LogP contribution in [0.2, 0.25) is 10.0 Å². The van der Waals surface area contributed by atoms with Gasteiger partial charge < -0.3 is 4.74 Å². The highest BCUT2D eigenvalue weighted by Gasteiger charge is 2.16. The highest BCUT2D eigenvalue weighted by Crippen LogP contribution is 2.23. The lowest BCUT2D eigenvalue weighted by molar-refractivity contribution is -0.117. The molecule has 0 bridgehead atoms. The minimum absolute atomic E-state index is 0.0401. The van der Waals surface area contributed by atoms with Crippen molar-refractivity contribution in [2.45, 2.75) is 12.8 Å². The van der Waals surface area contributed by atoms with Crippen LogP contribution in [0.15, 0.2) is 30.0 Å². The number of benzene rings is 1. The van der Waals surface area contributed by atoms with Gasteiger partial charge in [0, 0.05) is 22.9 Å². The van der Waals surface area contributed by atoms with Gasteiger partial charge in [0.2, 0.25) is 5.78 Å². The van der Waals surface area contributed by atoms with Crippen molar-refractivity contribution >= 4 is 29.0 Å². The number of carbonyl (C=O) groups is 1. The summed E-state index contributed by atoms with van der Waals surface area (Å²) in [7, 11) is 0. The number of allylic oxidation sites excluding steroid dienone is 1. The van der Waals surface area contributed by atoms with Crippen molar-refractivity contribution in [3.8, 4) is 0 Å². The number of hydrogen-bond acceptors (Lipinski definition) is 2. The molecule has 0 radical (unpaired) electrons. The Hall–Kier alpha value is -0.990. The standard InChI is InChI=1S/C12H10Cl2O2/c13-9-4-3-8(10(14)7-9)6-11(15)12-2-1-5-16-12/h2-4,7H,1,5-6H2. The summed E-state index contributed by atoms with van der Waals surface area (Å²) in [4.78, 5) is 11.8. The summed E-state index contributed by atoms with van der Waals surface area (Å²) < 4.78 is 5.19. The van der Waals surface area contributed by atoms with Gasteiger partial charge >= 0.3 is 0 Å². The molecule has 0 atom stereocenters. The van der Waals surface area contributed by atoms with Gasteiger partial charge in [-0.2, -0.15) is 0 Å². The van der Waals surface area contributed by atoms with Gasteiger partial charge in [-0.1, -0.05) is 29.3 Å². The van der Waals surface area contributed by atoms with E-state index in [1.54, 1.807) is 18.2 Å². The molecule has 0 saturated heterocycles. The molecule has 0 unspecified atom stereocenters. The van der Waals surface area contributed by atoms with E-state index >= 15 is 0 Å². The fourth-order valence-corrected chi connectivity index (χ4v) is 2.01. The molecule has 0 amide bonds. The molecule has 2 nitrogen and oxygen atoms in total. The average Bonchev–Trinajstić information content (AvgIpc) is 2.75. The van der Waals surface area contributed by atoms with Crippen molar-refractivity contribution in [2.75, 3.05) is 6.61 Å². The van der Waals surface area contributed by atoms with Crippen LogP contribution in [0.3, 0.4) is 0 Å². The van der Waals surface area contributed by atoms with Gasteiger partial charge in [0.15, 0.2) is 5.76 Å². The van der Waals surface area contributed by atoms with E-state index in [4.69, 9.17) is 27.9 Å². The maximum Gasteiger partial charge on any atom is 0.201 e. The summed E-state index contributed by atoms with van der Waals surface area (Å²) in [5.74, 6) is 0.410. The Labute approximate surface area is 104 Å². The molecule has 0 N–H and O–H groups in total. The van der Waals surface area contributed by atoms with Gasteiger partial charge in [-0.05, 0) is 23.8 Å². The summed E-state index contributed by atoms with van der Waals surface area (Å²) in [6.07, 6.45) is 2.86. The zero-order valence-corrected chi connectivity index (χ0v) is 10.0. The van der Waals surface area contributed by atoms with E-state index in [0.717, 1.165) is 12.0 Å². The lowest BCUT2D eigenvalue weighted by Gasteiger charge is -2.05. The number of carbonyl (C=O) groups excluding carboxylic acids is 1. The largest absolute Gasteiger partial charge is 0.490 e. The molecule has 1 heterocycles. The second-order valence-corrected chi connectivity index (χ2v) is 4.38. The molecule has 4 heteroatoms.